The molecule has 3 N–H and O–H groups in total. The smallest absolute Gasteiger partial charge is 0.245 e. The second kappa shape index (κ2) is 8.00. The zero-order valence-electron chi connectivity index (χ0n) is 14.8. The molecule has 1 saturated carbocycles. The lowest BCUT2D eigenvalue weighted by Gasteiger charge is -2.23. The van der Waals surface area contributed by atoms with Crippen molar-refractivity contribution in [1.82, 2.24) is 10.6 Å². The molecule has 3 atom stereocenters. The first-order valence-corrected chi connectivity index (χ1v) is 9.40. The Morgan fingerprint density at radius 3 is 2.64 bits per heavy atom. The number of rotatable bonds is 6. The Labute approximate surface area is 149 Å². The number of aliphatic hydroxyl groups excluding tert-OH is 1. The average molecular weight is 344 g/mol. The molecule has 0 aromatic heterocycles. The number of aryl methyl sites for hydroxylation is 1. The maximum atomic E-state index is 12.5. The molecule has 2 aliphatic rings. The predicted octanol–water partition coefficient (Wildman–Crippen LogP) is 1.89. The molecule has 3 rings (SSSR count). The summed E-state index contributed by atoms with van der Waals surface area (Å²) >= 11 is 0. The van der Waals surface area contributed by atoms with Gasteiger partial charge in [-0.1, -0.05) is 37.1 Å². The number of fused-ring (bicyclic) bond motifs is 1. The Morgan fingerprint density at radius 2 is 1.92 bits per heavy atom. The summed E-state index contributed by atoms with van der Waals surface area (Å²) in [5, 5.41) is 15.6. The van der Waals surface area contributed by atoms with E-state index in [-0.39, 0.29) is 17.7 Å². The van der Waals surface area contributed by atoms with Crippen molar-refractivity contribution in [3.63, 3.8) is 0 Å². The second-order valence-corrected chi connectivity index (χ2v) is 7.39. The summed E-state index contributed by atoms with van der Waals surface area (Å²) in [5.74, 6) is -0.119. The normalized spacial score (nSPS) is 22.2. The van der Waals surface area contributed by atoms with Gasteiger partial charge >= 0.3 is 0 Å². The van der Waals surface area contributed by atoms with Crippen LogP contribution in [-0.4, -0.2) is 35.6 Å². The highest BCUT2D eigenvalue weighted by atomic mass is 16.3. The molecule has 25 heavy (non-hydrogen) atoms. The first-order valence-electron chi connectivity index (χ1n) is 9.40. The largest absolute Gasteiger partial charge is 0.391 e. The maximum Gasteiger partial charge on any atom is 0.245 e. The zero-order valence-corrected chi connectivity index (χ0v) is 14.8. The molecule has 0 heterocycles. The minimum atomic E-state index is -0.916. The third-order valence-corrected chi connectivity index (χ3v) is 5.57. The van der Waals surface area contributed by atoms with Crippen molar-refractivity contribution in [3.05, 3.63) is 35.4 Å². The molecule has 1 aromatic rings. The summed E-state index contributed by atoms with van der Waals surface area (Å²) in [4.78, 5) is 24.8. The van der Waals surface area contributed by atoms with E-state index in [4.69, 9.17) is 0 Å². The van der Waals surface area contributed by atoms with Gasteiger partial charge in [0.25, 0.3) is 0 Å². The topological polar surface area (TPSA) is 78.4 Å². The Bertz CT molecular complexity index is 623. The van der Waals surface area contributed by atoms with Crippen molar-refractivity contribution < 1.29 is 14.7 Å². The number of nitrogens with one attached hydrogen (secondary N) is 2. The predicted molar refractivity (Wildman–Crippen MR) is 96.1 cm³/mol. The molecule has 0 spiro atoms. The van der Waals surface area contributed by atoms with Gasteiger partial charge in [-0.15, -0.1) is 0 Å². The van der Waals surface area contributed by atoms with Crippen molar-refractivity contribution >= 4 is 11.8 Å². The summed E-state index contributed by atoms with van der Waals surface area (Å²) in [6, 6.07) is 7.44. The Hall–Kier alpha value is -1.88. The van der Waals surface area contributed by atoms with Gasteiger partial charge in [-0.2, -0.15) is 0 Å². The van der Waals surface area contributed by atoms with Crippen molar-refractivity contribution in [2.45, 2.75) is 63.5 Å². The van der Waals surface area contributed by atoms with Crippen molar-refractivity contribution in [2.75, 3.05) is 6.54 Å². The van der Waals surface area contributed by atoms with Crippen LogP contribution in [0.2, 0.25) is 0 Å². The van der Waals surface area contributed by atoms with Crippen LogP contribution in [0.5, 0.6) is 0 Å². The van der Waals surface area contributed by atoms with E-state index in [1.54, 1.807) is 6.92 Å². The molecule has 5 nitrogen and oxygen atoms in total. The van der Waals surface area contributed by atoms with Gasteiger partial charge in [-0.25, -0.2) is 0 Å². The Kier molecular flexibility index (Phi) is 5.74. The van der Waals surface area contributed by atoms with Crippen LogP contribution in [0.15, 0.2) is 24.3 Å². The molecule has 2 aliphatic carbocycles. The highest BCUT2D eigenvalue weighted by Gasteiger charge is 2.31. The number of amides is 2. The van der Waals surface area contributed by atoms with Crippen molar-refractivity contribution in [2.24, 2.45) is 5.92 Å². The molecule has 1 aromatic carbocycles. The molecule has 0 radical (unpaired) electrons. The summed E-state index contributed by atoms with van der Waals surface area (Å²) in [7, 11) is 0. The van der Waals surface area contributed by atoms with Crippen LogP contribution < -0.4 is 10.6 Å². The summed E-state index contributed by atoms with van der Waals surface area (Å²) in [5.41, 5.74) is 2.65. The number of hydrogen-bond acceptors (Lipinski definition) is 3. The number of carbonyl (C=O) groups excluding carboxylic acids is 2. The molecule has 0 saturated heterocycles. The highest BCUT2D eigenvalue weighted by Crippen LogP contribution is 2.32. The quantitative estimate of drug-likeness (QED) is 0.737. The lowest BCUT2D eigenvalue weighted by Crippen LogP contribution is -2.54. The number of hydrogen-bond donors (Lipinski definition) is 3. The Morgan fingerprint density at radius 1 is 1.20 bits per heavy atom. The van der Waals surface area contributed by atoms with Crippen molar-refractivity contribution in [1.29, 1.82) is 0 Å². The Balaban J connectivity index is 1.55. The molecule has 0 bridgehead atoms. The molecular formula is C20H28N2O3. The van der Waals surface area contributed by atoms with E-state index < -0.39 is 12.1 Å². The first-order chi connectivity index (χ1) is 12.1. The van der Waals surface area contributed by atoms with Gasteiger partial charge in [0.1, 0.15) is 6.04 Å². The molecule has 136 valence electrons. The van der Waals surface area contributed by atoms with Gasteiger partial charge in [0, 0.05) is 18.4 Å². The van der Waals surface area contributed by atoms with Gasteiger partial charge in [0.2, 0.25) is 11.8 Å². The molecular weight excluding hydrogens is 316 g/mol. The molecule has 3 unspecified atom stereocenters. The van der Waals surface area contributed by atoms with Crippen LogP contribution in [0.1, 0.15) is 56.1 Å². The summed E-state index contributed by atoms with van der Waals surface area (Å²) < 4.78 is 0. The van der Waals surface area contributed by atoms with Gasteiger partial charge in [-0.3, -0.25) is 9.59 Å². The van der Waals surface area contributed by atoms with E-state index in [0.29, 0.717) is 12.5 Å². The summed E-state index contributed by atoms with van der Waals surface area (Å²) in [6.07, 6.45) is 5.01. The van der Waals surface area contributed by atoms with Gasteiger partial charge in [0.15, 0.2) is 0 Å². The van der Waals surface area contributed by atoms with Crippen LogP contribution >= 0.6 is 0 Å². The number of carbonyl (C=O) groups is 2. The van der Waals surface area contributed by atoms with E-state index in [0.717, 1.165) is 38.5 Å². The van der Waals surface area contributed by atoms with E-state index in [2.05, 4.69) is 22.8 Å². The van der Waals surface area contributed by atoms with E-state index in [9.17, 15) is 14.7 Å². The van der Waals surface area contributed by atoms with Crippen molar-refractivity contribution in [3.8, 4) is 0 Å². The second-order valence-electron chi connectivity index (χ2n) is 7.39. The standard InChI is InChI=1S/C20H28N2O3/c1-13(23)18(22-19(24)15-7-2-3-8-15)20(25)21-12-16-11-10-14-6-4-5-9-17(14)16/h4-6,9,13,15-16,18,23H,2-3,7-8,10-12H2,1H3,(H,21,25)(H,22,24). The molecule has 0 aliphatic heterocycles. The number of benzene rings is 1. The fourth-order valence-corrected chi connectivity index (χ4v) is 4.06. The average Bonchev–Trinajstić information content (AvgIpc) is 3.27. The monoisotopic (exact) mass is 344 g/mol. The lowest BCUT2D eigenvalue weighted by molar-refractivity contribution is -0.133. The highest BCUT2D eigenvalue weighted by molar-refractivity contribution is 5.89. The maximum absolute atomic E-state index is 12.5. The summed E-state index contributed by atoms with van der Waals surface area (Å²) in [6.45, 7) is 2.09. The third-order valence-electron chi connectivity index (χ3n) is 5.57. The minimum Gasteiger partial charge on any atom is -0.391 e. The van der Waals surface area contributed by atoms with Crippen LogP contribution in [-0.2, 0) is 16.0 Å². The SMILES string of the molecule is CC(O)C(NC(=O)C1CCCC1)C(=O)NCC1CCc2ccccc21. The zero-order chi connectivity index (χ0) is 17.8. The van der Waals surface area contributed by atoms with Crippen LogP contribution in [0.4, 0.5) is 0 Å². The number of aliphatic hydroxyl groups is 1. The fourth-order valence-electron chi connectivity index (χ4n) is 4.06. The van der Waals surface area contributed by atoms with E-state index in [1.807, 2.05) is 12.1 Å². The minimum absolute atomic E-state index is 0.0178. The van der Waals surface area contributed by atoms with Gasteiger partial charge < -0.3 is 15.7 Å². The first kappa shape index (κ1) is 17.9. The van der Waals surface area contributed by atoms with E-state index in [1.165, 1.54) is 11.1 Å². The molecule has 5 heteroatoms. The van der Waals surface area contributed by atoms with E-state index >= 15 is 0 Å². The molecule has 1 fully saturated rings. The lowest BCUT2D eigenvalue weighted by atomic mass is 10.0. The van der Waals surface area contributed by atoms with Gasteiger partial charge in [0.05, 0.1) is 6.10 Å². The third kappa shape index (κ3) is 4.21. The van der Waals surface area contributed by atoms with Gasteiger partial charge in [-0.05, 0) is 43.7 Å². The fraction of sp³-hybridized carbons (Fsp3) is 0.600. The van der Waals surface area contributed by atoms with Crippen LogP contribution in [0, 0.1) is 5.92 Å². The van der Waals surface area contributed by atoms with Crippen LogP contribution in [0.3, 0.4) is 0 Å². The van der Waals surface area contributed by atoms with Crippen LogP contribution in [0.25, 0.3) is 0 Å². The molecule has 2 amide bonds.